The third-order valence-corrected chi connectivity index (χ3v) is 3.41. The van der Waals surface area contributed by atoms with Crippen molar-refractivity contribution in [3.63, 3.8) is 0 Å². The fraction of sp³-hybridized carbons (Fsp3) is 1.00. The lowest BCUT2D eigenvalue weighted by Crippen LogP contribution is -2.62. The molecular weight excluding hydrogens is 164 g/mol. The normalized spacial score (nSPS) is 47.3. The Morgan fingerprint density at radius 3 is 2.15 bits per heavy atom. The second-order valence-electron chi connectivity index (χ2n) is 4.58. The molecule has 0 aromatic heterocycles. The predicted molar refractivity (Wildman–Crippen MR) is 52.7 cm³/mol. The van der Waals surface area contributed by atoms with Gasteiger partial charge < -0.3 is 10.4 Å². The Bertz CT molecular complexity index is 170. The van der Waals surface area contributed by atoms with Gasteiger partial charge in [0.2, 0.25) is 0 Å². The molecule has 3 heteroatoms. The number of aliphatic hydroxyl groups is 1. The summed E-state index contributed by atoms with van der Waals surface area (Å²) in [4.78, 5) is 2.57. The molecule has 2 fully saturated rings. The van der Waals surface area contributed by atoms with Gasteiger partial charge >= 0.3 is 0 Å². The first-order valence-electron chi connectivity index (χ1n) is 5.34. The van der Waals surface area contributed by atoms with Crippen LogP contribution < -0.4 is 5.32 Å². The first-order chi connectivity index (χ1) is 6.18. The molecule has 1 saturated carbocycles. The van der Waals surface area contributed by atoms with Crippen LogP contribution >= 0.6 is 0 Å². The molecule has 0 unspecified atom stereocenters. The van der Waals surface area contributed by atoms with Crippen molar-refractivity contribution in [2.24, 2.45) is 0 Å². The highest BCUT2D eigenvalue weighted by atomic mass is 16.3. The molecule has 1 aliphatic carbocycles. The molecule has 0 radical (unpaired) electrons. The van der Waals surface area contributed by atoms with Crippen LogP contribution in [0.1, 0.15) is 26.7 Å². The van der Waals surface area contributed by atoms with Crippen LogP contribution in [0.5, 0.6) is 0 Å². The second-order valence-corrected chi connectivity index (χ2v) is 4.58. The number of piperazine rings is 1. The van der Waals surface area contributed by atoms with Crippen LogP contribution in [0.4, 0.5) is 0 Å². The second kappa shape index (κ2) is 3.56. The van der Waals surface area contributed by atoms with E-state index in [2.05, 4.69) is 24.1 Å². The summed E-state index contributed by atoms with van der Waals surface area (Å²) in [6.45, 7) is 6.73. The molecule has 0 aromatic rings. The first-order valence-corrected chi connectivity index (χ1v) is 5.34. The lowest BCUT2D eigenvalue weighted by Gasteiger charge is -2.49. The van der Waals surface area contributed by atoms with Crippen molar-refractivity contribution in [2.75, 3.05) is 13.1 Å². The van der Waals surface area contributed by atoms with Crippen LogP contribution in [0.3, 0.4) is 0 Å². The number of nitrogens with zero attached hydrogens (tertiary/aromatic N) is 1. The number of hydrogen-bond acceptors (Lipinski definition) is 3. The summed E-state index contributed by atoms with van der Waals surface area (Å²) in [5, 5.41) is 12.7. The maximum Gasteiger partial charge on any atom is 0.0570 e. The molecule has 2 rings (SSSR count). The van der Waals surface area contributed by atoms with Gasteiger partial charge in [-0.3, -0.25) is 4.90 Å². The van der Waals surface area contributed by atoms with Crippen molar-refractivity contribution in [3.05, 3.63) is 0 Å². The molecule has 1 aliphatic heterocycles. The summed E-state index contributed by atoms with van der Waals surface area (Å²) in [5.74, 6) is 0. The van der Waals surface area contributed by atoms with E-state index in [9.17, 15) is 5.11 Å². The number of nitrogens with one attached hydrogen (secondary N) is 1. The molecule has 0 aromatic carbocycles. The molecule has 2 atom stereocenters. The summed E-state index contributed by atoms with van der Waals surface area (Å²) >= 11 is 0. The SMILES string of the molecule is C[C@@H]1CNC[C@@H](C)N1[C@H]1C[C@H](O)C1. The summed E-state index contributed by atoms with van der Waals surface area (Å²) in [6.07, 6.45) is 1.93. The highest BCUT2D eigenvalue weighted by Crippen LogP contribution is 2.29. The van der Waals surface area contributed by atoms with Gasteiger partial charge in [0.25, 0.3) is 0 Å². The predicted octanol–water partition coefficient (Wildman–Crippen LogP) is 0.192. The highest BCUT2D eigenvalue weighted by molar-refractivity contribution is 4.94. The van der Waals surface area contributed by atoms with E-state index in [4.69, 9.17) is 0 Å². The molecule has 1 saturated heterocycles. The minimum atomic E-state index is -0.0284. The van der Waals surface area contributed by atoms with E-state index in [0.717, 1.165) is 25.9 Å². The van der Waals surface area contributed by atoms with Gasteiger partial charge in [0.15, 0.2) is 0 Å². The molecule has 0 spiro atoms. The molecule has 1 heterocycles. The quantitative estimate of drug-likeness (QED) is 0.611. The molecule has 13 heavy (non-hydrogen) atoms. The smallest absolute Gasteiger partial charge is 0.0570 e. The number of aliphatic hydroxyl groups excluding tert-OH is 1. The van der Waals surface area contributed by atoms with Gasteiger partial charge in [-0.2, -0.15) is 0 Å². The zero-order chi connectivity index (χ0) is 9.42. The van der Waals surface area contributed by atoms with E-state index in [1.165, 1.54) is 0 Å². The molecule has 0 amide bonds. The lowest BCUT2D eigenvalue weighted by atomic mass is 9.85. The van der Waals surface area contributed by atoms with E-state index in [-0.39, 0.29) is 6.10 Å². The van der Waals surface area contributed by atoms with Gasteiger partial charge in [0.1, 0.15) is 0 Å². The molecular formula is C10H20N2O. The molecule has 2 N–H and O–H groups in total. The lowest BCUT2D eigenvalue weighted by molar-refractivity contribution is -0.0410. The van der Waals surface area contributed by atoms with Crippen LogP contribution in [0, 0.1) is 0 Å². The zero-order valence-electron chi connectivity index (χ0n) is 8.53. The highest BCUT2D eigenvalue weighted by Gasteiger charge is 2.38. The fourth-order valence-electron chi connectivity index (χ4n) is 2.67. The summed E-state index contributed by atoms with van der Waals surface area (Å²) < 4.78 is 0. The van der Waals surface area contributed by atoms with Crippen LogP contribution in [-0.2, 0) is 0 Å². The van der Waals surface area contributed by atoms with E-state index < -0.39 is 0 Å². The van der Waals surface area contributed by atoms with E-state index >= 15 is 0 Å². The van der Waals surface area contributed by atoms with E-state index in [1.54, 1.807) is 0 Å². The summed E-state index contributed by atoms with van der Waals surface area (Å²) in [5.41, 5.74) is 0. The fourth-order valence-corrected chi connectivity index (χ4v) is 2.67. The third-order valence-electron chi connectivity index (χ3n) is 3.41. The van der Waals surface area contributed by atoms with Crippen molar-refractivity contribution in [1.82, 2.24) is 10.2 Å². The third kappa shape index (κ3) is 1.73. The van der Waals surface area contributed by atoms with Crippen LogP contribution in [0.2, 0.25) is 0 Å². The summed E-state index contributed by atoms with van der Waals surface area (Å²) in [6, 6.07) is 1.89. The monoisotopic (exact) mass is 184 g/mol. The standard InChI is InChI=1S/C10H20N2O/c1-7-5-11-6-8(2)12(7)9-3-10(13)4-9/h7-11,13H,3-6H2,1-2H3/t7-,8-,9-,10-/m1/s1. The van der Waals surface area contributed by atoms with Crippen molar-refractivity contribution < 1.29 is 5.11 Å². The van der Waals surface area contributed by atoms with Gasteiger partial charge in [0.05, 0.1) is 6.10 Å². The van der Waals surface area contributed by atoms with E-state index in [1.807, 2.05) is 0 Å². The first kappa shape index (κ1) is 9.44. The Kier molecular flexibility index (Phi) is 2.58. The minimum absolute atomic E-state index is 0.0284. The molecule has 76 valence electrons. The summed E-state index contributed by atoms with van der Waals surface area (Å²) in [7, 11) is 0. The average Bonchev–Trinajstić information content (AvgIpc) is 2.00. The maximum atomic E-state index is 9.28. The average molecular weight is 184 g/mol. The van der Waals surface area contributed by atoms with E-state index in [0.29, 0.717) is 18.1 Å². The van der Waals surface area contributed by atoms with Gasteiger partial charge in [-0.05, 0) is 26.7 Å². The Morgan fingerprint density at radius 1 is 1.15 bits per heavy atom. The molecule has 3 nitrogen and oxygen atoms in total. The zero-order valence-corrected chi connectivity index (χ0v) is 8.53. The topological polar surface area (TPSA) is 35.5 Å². The van der Waals surface area contributed by atoms with Gasteiger partial charge in [-0.15, -0.1) is 0 Å². The van der Waals surface area contributed by atoms with Gasteiger partial charge in [0, 0.05) is 31.2 Å². The Hall–Kier alpha value is -0.120. The maximum absolute atomic E-state index is 9.28. The van der Waals surface area contributed by atoms with Crippen LogP contribution in [0.15, 0.2) is 0 Å². The van der Waals surface area contributed by atoms with Crippen LogP contribution in [0.25, 0.3) is 0 Å². The molecule has 2 aliphatic rings. The number of rotatable bonds is 1. The van der Waals surface area contributed by atoms with Crippen molar-refractivity contribution in [3.8, 4) is 0 Å². The Morgan fingerprint density at radius 2 is 1.69 bits per heavy atom. The minimum Gasteiger partial charge on any atom is -0.393 e. The van der Waals surface area contributed by atoms with Gasteiger partial charge in [-0.1, -0.05) is 0 Å². The van der Waals surface area contributed by atoms with Gasteiger partial charge in [-0.25, -0.2) is 0 Å². The van der Waals surface area contributed by atoms with Crippen molar-refractivity contribution in [2.45, 2.75) is 50.9 Å². The van der Waals surface area contributed by atoms with Crippen molar-refractivity contribution >= 4 is 0 Å². The van der Waals surface area contributed by atoms with Crippen LogP contribution in [-0.4, -0.2) is 47.3 Å². The largest absolute Gasteiger partial charge is 0.393 e. The Labute approximate surface area is 80.1 Å². The Balaban J connectivity index is 1.94. The number of hydrogen-bond donors (Lipinski definition) is 2. The molecule has 0 bridgehead atoms. The van der Waals surface area contributed by atoms with Crippen molar-refractivity contribution in [1.29, 1.82) is 0 Å².